The van der Waals surface area contributed by atoms with Crippen LogP contribution in [-0.4, -0.2) is 9.97 Å². The minimum absolute atomic E-state index is 0.578. The lowest BCUT2D eigenvalue weighted by Crippen LogP contribution is -2.10. The summed E-state index contributed by atoms with van der Waals surface area (Å²) in [6.07, 6.45) is 0. The Morgan fingerprint density at radius 2 is 1.67 bits per heavy atom. The van der Waals surface area contributed by atoms with Crippen LogP contribution in [0.15, 0.2) is 46.9 Å². The van der Waals surface area contributed by atoms with Crippen molar-refractivity contribution in [1.29, 1.82) is 0 Å². The highest BCUT2D eigenvalue weighted by Crippen LogP contribution is 2.25. The molecule has 0 aliphatic rings. The van der Waals surface area contributed by atoms with Crippen LogP contribution in [0.4, 0.5) is 17.3 Å². The van der Waals surface area contributed by atoms with Crippen molar-refractivity contribution in [3.05, 3.63) is 52.8 Å². The molecule has 0 radical (unpaired) electrons. The molecule has 0 atom stereocenters. The lowest BCUT2D eigenvalue weighted by molar-refractivity contribution is 1.05. The fourth-order valence-electron chi connectivity index (χ4n) is 2.15. The average molecular weight is 344 g/mol. The number of nitrogens with one attached hydrogen (secondary N) is 2. The summed E-state index contributed by atoms with van der Waals surface area (Å²) in [6.45, 7) is 1.82. The Hall–Kier alpha value is -2.18. The SMILES string of the molecule is Cc1nc(NN)cc(Nc2ccc3cc(Br)ccc3c2)n1. The number of rotatable bonds is 3. The first-order valence-electron chi connectivity index (χ1n) is 6.43. The first-order chi connectivity index (χ1) is 10.1. The van der Waals surface area contributed by atoms with Gasteiger partial charge in [-0.25, -0.2) is 15.8 Å². The highest BCUT2D eigenvalue weighted by molar-refractivity contribution is 9.10. The number of aryl methyl sites for hydroxylation is 1. The fourth-order valence-corrected chi connectivity index (χ4v) is 2.53. The number of benzene rings is 2. The van der Waals surface area contributed by atoms with Crippen molar-refractivity contribution in [3.63, 3.8) is 0 Å². The van der Waals surface area contributed by atoms with Gasteiger partial charge in [-0.05, 0) is 42.0 Å². The summed E-state index contributed by atoms with van der Waals surface area (Å²) >= 11 is 3.48. The number of hydrazine groups is 1. The number of nitrogen functional groups attached to an aromatic ring is 1. The van der Waals surface area contributed by atoms with Crippen molar-refractivity contribution in [2.24, 2.45) is 5.84 Å². The first-order valence-corrected chi connectivity index (χ1v) is 7.22. The first kappa shape index (κ1) is 13.8. The van der Waals surface area contributed by atoms with Crippen molar-refractivity contribution >= 4 is 44.0 Å². The van der Waals surface area contributed by atoms with E-state index in [4.69, 9.17) is 5.84 Å². The van der Waals surface area contributed by atoms with Gasteiger partial charge < -0.3 is 10.7 Å². The number of anilines is 3. The number of hydrogen-bond donors (Lipinski definition) is 3. The molecule has 5 nitrogen and oxygen atoms in total. The van der Waals surface area contributed by atoms with Gasteiger partial charge in [0.2, 0.25) is 0 Å². The van der Waals surface area contributed by atoms with E-state index >= 15 is 0 Å². The molecule has 3 aromatic rings. The number of fused-ring (bicyclic) bond motifs is 1. The van der Waals surface area contributed by atoms with Gasteiger partial charge in [0.1, 0.15) is 17.5 Å². The van der Waals surface area contributed by atoms with Gasteiger partial charge in [-0.2, -0.15) is 0 Å². The third kappa shape index (κ3) is 3.12. The van der Waals surface area contributed by atoms with Crippen LogP contribution >= 0.6 is 15.9 Å². The molecular weight excluding hydrogens is 330 g/mol. The molecule has 0 saturated carbocycles. The predicted octanol–water partition coefficient (Wildman–Crippen LogP) is 3.73. The molecule has 0 unspecified atom stereocenters. The highest BCUT2D eigenvalue weighted by Gasteiger charge is 2.03. The van der Waals surface area contributed by atoms with Gasteiger partial charge in [-0.15, -0.1) is 0 Å². The van der Waals surface area contributed by atoms with E-state index in [-0.39, 0.29) is 0 Å². The Morgan fingerprint density at radius 1 is 0.952 bits per heavy atom. The molecule has 1 aromatic heterocycles. The van der Waals surface area contributed by atoms with Crippen molar-refractivity contribution in [3.8, 4) is 0 Å². The fraction of sp³-hybridized carbons (Fsp3) is 0.0667. The van der Waals surface area contributed by atoms with Gasteiger partial charge >= 0.3 is 0 Å². The normalized spacial score (nSPS) is 10.6. The predicted molar refractivity (Wildman–Crippen MR) is 89.5 cm³/mol. The number of aromatic nitrogens is 2. The molecule has 0 spiro atoms. The Bertz CT molecular complexity index is 803. The van der Waals surface area contributed by atoms with Gasteiger partial charge in [0.25, 0.3) is 0 Å². The Labute approximate surface area is 130 Å². The summed E-state index contributed by atoms with van der Waals surface area (Å²) in [5.41, 5.74) is 3.50. The molecule has 2 aromatic carbocycles. The van der Waals surface area contributed by atoms with Gasteiger partial charge in [0.05, 0.1) is 0 Å². The van der Waals surface area contributed by atoms with Crippen LogP contribution in [0, 0.1) is 6.92 Å². The van der Waals surface area contributed by atoms with Crippen LogP contribution in [0.2, 0.25) is 0 Å². The van der Waals surface area contributed by atoms with Crippen molar-refractivity contribution < 1.29 is 0 Å². The summed E-state index contributed by atoms with van der Waals surface area (Å²) in [6, 6.07) is 14.1. The Morgan fingerprint density at radius 3 is 2.48 bits per heavy atom. The quantitative estimate of drug-likeness (QED) is 0.499. The number of nitrogens with two attached hydrogens (primary N) is 1. The van der Waals surface area contributed by atoms with E-state index in [1.54, 1.807) is 6.07 Å². The lowest BCUT2D eigenvalue weighted by atomic mass is 10.1. The van der Waals surface area contributed by atoms with Crippen LogP contribution in [-0.2, 0) is 0 Å². The molecule has 0 amide bonds. The summed E-state index contributed by atoms with van der Waals surface area (Å²) in [5.74, 6) is 7.33. The van der Waals surface area contributed by atoms with E-state index in [0.717, 1.165) is 15.5 Å². The van der Waals surface area contributed by atoms with Crippen LogP contribution in [0.25, 0.3) is 10.8 Å². The van der Waals surface area contributed by atoms with Gasteiger partial charge in [-0.3, -0.25) is 0 Å². The molecule has 0 aliphatic heterocycles. The topological polar surface area (TPSA) is 75.9 Å². The zero-order valence-corrected chi connectivity index (χ0v) is 13.0. The van der Waals surface area contributed by atoms with Crippen molar-refractivity contribution in [1.82, 2.24) is 9.97 Å². The molecule has 6 heteroatoms. The highest BCUT2D eigenvalue weighted by atomic mass is 79.9. The maximum Gasteiger partial charge on any atom is 0.145 e. The number of nitrogens with zero attached hydrogens (tertiary/aromatic N) is 2. The van der Waals surface area contributed by atoms with Crippen molar-refractivity contribution in [2.45, 2.75) is 6.92 Å². The maximum atomic E-state index is 5.40. The van der Waals surface area contributed by atoms with Gasteiger partial charge in [0, 0.05) is 16.2 Å². The van der Waals surface area contributed by atoms with E-state index in [1.807, 2.05) is 19.1 Å². The molecule has 0 fully saturated rings. The third-order valence-electron chi connectivity index (χ3n) is 3.06. The standard InChI is InChI=1S/C15H14BrN5/c1-9-18-14(8-15(19-9)21-17)20-13-5-3-10-6-12(16)4-2-11(10)7-13/h2-8H,17H2,1H3,(H2,18,19,20,21). The molecule has 106 valence electrons. The summed E-state index contributed by atoms with van der Waals surface area (Å²) in [7, 11) is 0. The van der Waals surface area contributed by atoms with E-state index in [9.17, 15) is 0 Å². The second-order valence-electron chi connectivity index (χ2n) is 4.66. The number of hydrogen-bond acceptors (Lipinski definition) is 5. The second-order valence-corrected chi connectivity index (χ2v) is 5.58. The molecule has 4 N–H and O–H groups in total. The average Bonchev–Trinajstić information content (AvgIpc) is 2.47. The largest absolute Gasteiger partial charge is 0.340 e. The van der Waals surface area contributed by atoms with E-state index in [0.29, 0.717) is 17.5 Å². The zero-order valence-electron chi connectivity index (χ0n) is 11.4. The van der Waals surface area contributed by atoms with Gasteiger partial charge in [0.15, 0.2) is 0 Å². The molecule has 1 heterocycles. The molecule has 0 aliphatic carbocycles. The van der Waals surface area contributed by atoms with Crippen molar-refractivity contribution in [2.75, 3.05) is 10.7 Å². The summed E-state index contributed by atoms with van der Waals surface area (Å²) in [5, 5.41) is 5.61. The summed E-state index contributed by atoms with van der Waals surface area (Å²) in [4.78, 5) is 8.51. The lowest BCUT2D eigenvalue weighted by Gasteiger charge is -2.09. The second kappa shape index (κ2) is 5.67. The van der Waals surface area contributed by atoms with Crippen LogP contribution in [0.1, 0.15) is 5.82 Å². The molecule has 0 bridgehead atoms. The molecule has 0 saturated heterocycles. The van der Waals surface area contributed by atoms with Gasteiger partial charge in [-0.1, -0.05) is 28.1 Å². The van der Waals surface area contributed by atoms with Crippen LogP contribution in [0.3, 0.4) is 0 Å². The van der Waals surface area contributed by atoms with E-state index in [2.05, 4.69) is 60.9 Å². The molecular formula is C15H14BrN5. The van der Waals surface area contributed by atoms with Crippen LogP contribution < -0.4 is 16.6 Å². The Kier molecular flexibility index (Phi) is 3.72. The summed E-state index contributed by atoms with van der Waals surface area (Å²) < 4.78 is 1.07. The molecule has 21 heavy (non-hydrogen) atoms. The minimum atomic E-state index is 0.578. The monoisotopic (exact) mass is 343 g/mol. The molecule has 3 rings (SSSR count). The Balaban J connectivity index is 1.94. The third-order valence-corrected chi connectivity index (χ3v) is 3.55. The zero-order chi connectivity index (χ0) is 14.8. The van der Waals surface area contributed by atoms with E-state index in [1.165, 1.54) is 5.39 Å². The smallest absolute Gasteiger partial charge is 0.145 e. The number of halogens is 1. The minimum Gasteiger partial charge on any atom is -0.340 e. The maximum absolute atomic E-state index is 5.40. The van der Waals surface area contributed by atoms with E-state index < -0.39 is 0 Å². The van der Waals surface area contributed by atoms with Crippen LogP contribution in [0.5, 0.6) is 0 Å².